The third-order valence-corrected chi connectivity index (χ3v) is 8.45. The Morgan fingerprint density at radius 1 is 0.541 bits per heavy atom. The molecule has 6 nitrogen and oxygen atoms in total. The molecular weight excluding hydrogens is 740 g/mol. The zero-order chi connectivity index (χ0) is 26.8. The van der Waals surface area contributed by atoms with E-state index in [1.165, 1.54) is 22.3 Å². The molecule has 0 aromatic heterocycles. The average molecular weight is 776 g/mol. The monoisotopic (exact) mass is 772 g/mol. The molecular formula is C27H36Br4O6. The van der Waals surface area contributed by atoms with Gasteiger partial charge in [0.05, 0.1) is 52.9 Å². The van der Waals surface area contributed by atoms with Crippen LogP contribution in [-0.4, -0.2) is 86.8 Å². The van der Waals surface area contributed by atoms with E-state index in [2.05, 4.69) is 100 Å². The summed E-state index contributed by atoms with van der Waals surface area (Å²) < 4.78 is 32.5. The van der Waals surface area contributed by atoms with E-state index < -0.39 is 6.47 Å². The Kier molecular flexibility index (Phi) is 13.3. The van der Waals surface area contributed by atoms with E-state index in [1.807, 2.05) is 0 Å². The molecule has 37 heavy (non-hydrogen) atoms. The summed E-state index contributed by atoms with van der Waals surface area (Å²) in [6.07, 6.45) is 14.9. The van der Waals surface area contributed by atoms with Gasteiger partial charge >= 0.3 is 0 Å². The first-order valence-electron chi connectivity index (χ1n) is 12.4. The molecule has 208 valence electrons. The summed E-state index contributed by atoms with van der Waals surface area (Å²) in [7, 11) is 3.34. The summed E-state index contributed by atoms with van der Waals surface area (Å²) in [5.74, 6) is 0. The number of hydrogen-bond donors (Lipinski definition) is 0. The third kappa shape index (κ3) is 9.20. The molecule has 10 heteroatoms. The zero-order valence-corrected chi connectivity index (χ0v) is 27.8. The minimum atomic E-state index is -0.394. The lowest BCUT2D eigenvalue weighted by atomic mass is 9.69. The van der Waals surface area contributed by atoms with Crippen LogP contribution in [0.4, 0.5) is 0 Å². The van der Waals surface area contributed by atoms with Gasteiger partial charge < -0.3 is 28.4 Å². The zero-order valence-electron chi connectivity index (χ0n) is 21.4. The van der Waals surface area contributed by atoms with Crippen molar-refractivity contribution in [3.63, 3.8) is 0 Å². The van der Waals surface area contributed by atoms with E-state index in [0.29, 0.717) is 66.1 Å². The number of halogens is 4. The van der Waals surface area contributed by atoms with Crippen LogP contribution in [0, 0.1) is 5.41 Å². The van der Waals surface area contributed by atoms with Crippen molar-refractivity contribution in [2.24, 2.45) is 5.41 Å². The minimum absolute atomic E-state index is 0.270. The van der Waals surface area contributed by atoms with Crippen molar-refractivity contribution in [1.29, 1.82) is 0 Å². The van der Waals surface area contributed by atoms with Crippen LogP contribution in [0.5, 0.6) is 0 Å². The number of ether oxygens (including phenoxy) is 6. The molecule has 3 aliphatic rings. The summed E-state index contributed by atoms with van der Waals surface area (Å²) in [4.78, 5) is 0. The van der Waals surface area contributed by atoms with E-state index in [9.17, 15) is 0 Å². The summed E-state index contributed by atoms with van der Waals surface area (Å²) in [5.41, 5.74) is 4.80. The smallest absolute Gasteiger partial charge is 0.117 e. The molecule has 0 saturated heterocycles. The van der Waals surface area contributed by atoms with Crippen LogP contribution in [-0.2, 0) is 28.4 Å². The van der Waals surface area contributed by atoms with Crippen LogP contribution in [0.1, 0.15) is 12.8 Å². The minimum Gasteiger partial charge on any atom is -0.382 e. The molecule has 0 heterocycles. The van der Waals surface area contributed by atoms with Gasteiger partial charge in [0.2, 0.25) is 0 Å². The van der Waals surface area contributed by atoms with Gasteiger partial charge in [-0.15, -0.1) is 0 Å². The van der Waals surface area contributed by atoms with Gasteiger partial charge in [-0.25, -0.2) is 0 Å². The van der Waals surface area contributed by atoms with Crippen LogP contribution in [0.15, 0.2) is 58.7 Å². The summed E-state index contributed by atoms with van der Waals surface area (Å²) in [5, 5.41) is 0. The topological polar surface area (TPSA) is 55.4 Å². The average Bonchev–Trinajstić information content (AvgIpc) is 3.09. The van der Waals surface area contributed by atoms with Crippen LogP contribution < -0.4 is 0 Å². The fourth-order valence-electron chi connectivity index (χ4n) is 4.70. The lowest BCUT2D eigenvalue weighted by Crippen LogP contribution is -2.30. The molecule has 0 aliphatic heterocycles. The summed E-state index contributed by atoms with van der Waals surface area (Å²) in [6, 6.07) is 0. The second-order valence-electron chi connectivity index (χ2n) is 8.98. The highest BCUT2D eigenvalue weighted by Crippen LogP contribution is 2.60. The lowest BCUT2D eigenvalue weighted by Gasteiger charge is -2.37. The Balaban J connectivity index is 1.75. The van der Waals surface area contributed by atoms with Gasteiger partial charge in [-0.1, -0.05) is 88.0 Å². The maximum atomic E-state index is 6.05. The Morgan fingerprint density at radius 3 is 1.27 bits per heavy atom. The molecule has 3 rings (SSSR count). The predicted molar refractivity (Wildman–Crippen MR) is 161 cm³/mol. The molecule has 0 fully saturated rings. The van der Waals surface area contributed by atoms with Crippen molar-refractivity contribution in [1.82, 2.24) is 0 Å². The van der Waals surface area contributed by atoms with E-state index in [4.69, 9.17) is 28.4 Å². The molecule has 3 aliphatic carbocycles. The maximum absolute atomic E-state index is 6.05. The van der Waals surface area contributed by atoms with Gasteiger partial charge in [0.15, 0.2) is 0 Å². The highest BCUT2D eigenvalue weighted by Gasteiger charge is 2.49. The van der Waals surface area contributed by atoms with Crippen molar-refractivity contribution < 1.29 is 28.4 Å². The molecule has 0 aromatic rings. The van der Waals surface area contributed by atoms with Gasteiger partial charge in [0, 0.05) is 32.8 Å². The highest BCUT2D eigenvalue weighted by molar-refractivity contribution is 9.26. The first-order chi connectivity index (χ1) is 17.7. The van der Waals surface area contributed by atoms with E-state index in [1.54, 1.807) is 14.2 Å². The number of rotatable bonds is 18. The SMILES string of the molecule is COCCOCCOCCC1(CCOCCOCCOC)C2=CC(Br)(Br)C=CC2=C2C=CC(Br)(Br)C=C21. The summed E-state index contributed by atoms with van der Waals surface area (Å²) >= 11 is 15.2. The van der Waals surface area contributed by atoms with Gasteiger partial charge in [-0.05, 0) is 47.3 Å². The van der Waals surface area contributed by atoms with Crippen LogP contribution in [0.3, 0.4) is 0 Å². The van der Waals surface area contributed by atoms with Crippen molar-refractivity contribution in [2.75, 3.05) is 80.3 Å². The van der Waals surface area contributed by atoms with Gasteiger partial charge in [0.25, 0.3) is 0 Å². The van der Waals surface area contributed by atoms with E-state index >= 15 is 0 Å². The van der Waals surface area contributed by atoms with Crippen LogP contribution in [0.2, 0.25) is 0 Å². The molecule has 0 N–H and O–H groups in total. The number of fused-ring (bicyclic) bond motifs is 2. The second-order valence-corrected chi connectivity index (χ2v) is 16.4. The van der Waals surface area contributed by atoms with Gasteiger partial charge in [0.1, 0.15) is 6.47 Å². The third-order valence-electron chi connectivity index (χ3n) is 6.47. The molecule has 0 unspecified atom stereocenters. The summed E-state index contributed by atoms with van der Waals surface area (Å²) in [6.45, 7) is 5.70. The Bertz CT molecular complexity index is 835. The first-order valence-corrected chi connectivity index (χ1v) is 15.6. The molecule has 0 saturated carbocycles. The number of hydrogen-bond acceptors (Lipinski definition) is 6. The Morgan fingerprint density at radius 2 is 0.892 bits per heavy atom. The van der Waals surface area contributed by atoms with Crippen LogP contribution >= 0.6 is 63.7 Å². The normalized spacial score (nSPS) is 20.6. The highest BCUT2D eigenvalue weighted by atomic mass is 79.9. The number of allylic oxidation sites excluding steroid dienone is 10. The molecule has 0 bridgehead atoms. The standard InChI is InChI=1S/C27H36Br4O6/c1-32-11-13-36-17-15-34-9-7-25(8-10-35-16-18-37-14-12-33-2)23-19-26(28,29)5-3-21(23)22-4-6-27(30,31)20-24(22)25/h3-6,19-20H,7-18H2,1-2H3. The van der Waals surface area contributed by atoms with E-state index in [0.717, 1.165) is 12.8 Å². The number of alkyl halides is 4. The first kappa shape index (κ1) is 31.9. The quantitative estimate of drug-likeness (QED) is 0.119. The molecule has 0 aromatic carbocycles. The molecule has 0 radical (unpaired) electrons. The molecule has 0 atom stereocenters. The van der Waals surface area contributed by atoms with Gasteiger partial charge in [-0.3, -0.25) is 0 Å². The molecule has 0 spiro atoms. The maximum Gasteiger partial charge on any atom is 0.117 e. The van der Waals surface area contributed by atoms with Gasteiger partial charge in [-0.2, -0.15) is 0 Å². The van der Waals surface area contributed by atoms with Crippen molar-refractivity contribution >= 4 is 63.7 Å². The Labute approximate surface area is 254 Å². The number of methoxy groups -OCH3 is 2. The van der Waals surface area contributed by atoms with E-state index in [-0.39, 0.29) is 5.41 Å². The lowest BCUT2D eigenvalue weighted by molar-refractivity contribution is 0.0117. The Hall–Kier alpha value is 0.380. The predicted octanol–water partition coefficient (Wildman–Crippen LogP) is 6.39. The van der Waals surface area contributed by atoms with Crippen LogP contribution in [0.25, 0.3) is 0 Å². The van der Waals surface area contributed by atoms with Crippen molar-refractivity contribution in [3.05, 3.63) is 58.7 Å². The van der Waals surface area contributed by atoms with Crippen molar-refractivity contribution in [2.45, 2.75) is 19.3 Å². The largest absolute Gasteiger partial charge is 0.382 e. The second kappa shape index (κ2) is 15.4. The fourth-order valence-corrected chi connectivity index (χ4v) is 6.14. The fraction of sp³-hybridized carbons (Fsp3) is 0.630. The van der Waals surface area contributed by atoms with Crippen molar-refractivity contribution in [3.8, 4) is 0 Å². The molecule has 0 amide bonds.